The fourth-order valence-corrected chi connectivity index (χ4v) is 2.46. The molecular weight excluding hydrogens is 174 g/mol. The van der Waals surface area contributed by atoms with Crippen molar-refractivity contribution in [2.75, 3.05) is 7.05 Å². The van der Waals surface area contributed by atoms with Gasteiger partial charge in [-0.2, -0.15) is 5.10 Å². The molecule has 0 radical (unpaired) electrons. The summed E-state index contributed by atoms with van der Waals surface area (Å²) in [5, 5.41) is 7.88. The van der Waals surface area contributed by atoms with E-state index >= 15 is 0 Å². The molecule has 3 heteroatoms. The number of hydrogen-bond donors (Lipinski definition) is 1. The van der Waals surface area contributed by atoms with Gasteiger partial charge >= 0.3 is 0 Å². The number of hydrogen-bond acceptors (Lipinski definition) is 2. The van der Waals surface area contributed by atoms with Crippen LogP contribution in [0.1, 0.15) is 31.9 Å². The fraction of sp³-hybridized carbons (Fsp3) is 0.727. The normalized spacial score (nSPS) is 32.4. The molecule has 1 fully saturated rings. The maximum Gasteiger partial charge on any atom is 0.0683 e. The van der Waals surface area contributed by atoms with E-state index in [1.807, 2.05) is 17.9 Å². The standard InChI is InChI=1S/C11H19N3/c1-11(6-4-9(8-11)12-2)10-5-7-14(3)13-10/h5,7,9,12H,4,6,8H2,1-3H3. The van der Waals surface area contributed by atoms with Crippen molar-refractivity contribution < 1.29 is 0 Å². The first kappa shape index (κ1) is 9.71. The van der Waals surface area contributed by atoms with E-state index in [4.69, 9.17) is 0 Å². The van der Waals surface area contributed by atoms with E-state index in [0.29, 0.717) is 6.04 Å². The molecule has 14 heavy (non-hydrogen) atoms. The second-order valence-corrected chi connectivity index (χ2v) is 4.66. The molecule has 0 saturated heterocycles. The summed E-state index contributed by atoms with van der Waals surface area (Å²) < 4.78 is 1.90. The average molecular weight is 193 g/mol. The first-order valence-electron chi connectivity index (χ1n) is 5.31. The number of aromatic nitrogens is 2. The topological polar surface area (TPSA) is 29.9 Å². The van der Waals surface area contributed by atoms with Crippen molar-refractivity contribution in [2.24, 2.45) is 7.05 Å². The van der Waals surface area contributed by atoms with Gasteiger partial charge in [-0.05, 0) is 32.4 Å². The van der Waals surface area contributed by atoms with E-state index in [0.717, 1.165) is 0 Å². The molecule has 1 aromatic rings. The number of rotatable bonds is 2. The maximum atomic E-state index is 4.52. The Morgan fingerprint density at radius 2 is 2.43 bits per heavy atom. The molecule has 1 aliphatic carbocycles. The highest BCUT2D eigenvalue weighted by Crippen LogP contribution is 2.39. The van der Waals surface area contributed by atoms with Crippen LogP contribution in [0.4, 0.5) is 0 Å². The van der Waals surface area contributed by atoms with Gasteiger partial charge in [-0.3, -0.25) is 4.68 Å². The summed E-state index contributed by atoms with van der Waals surface area (Å²) in [6, 6.07) is 2.82. The first-order valence-corrected chi connectivity index (χ1v) is 5.31. The molecule has 78 valence electrons. The molecule has 1 aromatic heterocycles. The largest absolute Gasteiger partial charge is 0.317 e. The highest BCUT2D eigenvalue weighted by Gasteiger charge is 2.37. The molecule has 1 heterocycles. The molecule has 3 nitrogen and oxygen atoms in total. The lowest BCUT2D eigenvalue weighted by Crippen LogP contribution is -2.26. The van der Waals surface area contributed by atoms with E-state index in [2.05, 4.69) is 30.5 Å². The van der Waals surface area contributed by atoms with Crippen LogP contribution in [0.25, 0.3) is 0 Å². The molecule has 0 aliphatic heterocycles. The summed E-state index contributed by atoms with van der Waals surface area (Å²) in [7, 11) is 4.03. The summed E-state index contributed by atoms with van der Waals surface area (Å²) in [4.78, 5) is 0. The van der Waals surface area contributed by atoms with Gasteiger partial charge in [0.1, 0.15) is 0 Å². The van der Waals surface area contributed by atoms with E-state index < -0.39 is 0 Å². The molecule has 1 saturated carbocycles. The van der Waals surface area contributed by atoms with E-state index in [1.165, 1.54) is 25.0 Å². The van der Waals surface area contributed by atoms with Gasteiger partial charge in [-0.25, -0.2) is 0 Å². The highest BCUT2D eigenvalue weighted by atomic mass is 15.3. The van der Waals surface area contributed by atoms with Crippen LogP contribution in [0.15, 0.2) is 12.3 Å². The van der Waals surface area contributed by atoms with Gasteiger partial charge in [-0.1, -0.05) is 6.92 Å². The summed E-state index contributed by atoms with van der Waals surface area (Å²) in [5.74, 6) is 0. The third kappa shape index (κ3) is 1.57. The highest BCUT2D eigenvalue weighted by molar-refractivity contribution is 5.17. The zero-order valence-corrected chi connectivity index (χ0v) is 9.25. The van der Waals surface area contributed by atoms with Crippen molar-refractivity contribution in [3.8, 4) is 0 Å². The lowest BCUT2D eigenvalue weighted by molar-refractivity contribution is 0.448. The van der Waals surface area contributed by atoms with E-state index in [9.17, 15) is 0 Å². The van der Waals surface area contributed by atoms with Crippen LogP contribution in [0.5, 0.6) is 0 Å². The number of nitrogens with one attached hydrogen (secondary N) is 1. The van der Waals surface area contributed by atoms with Gasteiger partial charge in [-0.15, -0.1) is 0 Å². The summed E-state index contributed by atoms with van der Waals surface area (Å²) in [6.45, 7) is 2.33. The predicted molar refractivity (Wildman–Crippen MR) is 57.3 cm³/mol. The smallest absolute Gasteiger partial charge is 0.0683 e. The second kappa shape index (κ2) is 3.39. The van der Waals surface area contributed by atoms with Crippen molar-refractivity contribution in [1.82, 2.24) is 15.1 Å². The molecule has 0 amide bonds. The zero-order chi connectivity index (χ0) is 10.2. The molecule has 0 bridgehead atoms. The SMILES string of the molecule is CNC1CCC(C)(c2ccn(C)n2)C1. The molecule has 2 atom stereocenters. The Balaban J connectivity index is 2.18. The lowest BCUT2D eigenvalue weighted by atomic mass is 9.85. The molecule has 2 unspecified atom stereocenters. The lowest BCUT2D eigenvalue weighted by Gasteiger charge is -2.21. The Morgan fingerprint density at radius 3 is 2.93 bits per heavy atom. The van der Waals surface area contributed by atoms with Crippen LogP contribution >= 0.6 is 0 Å². The molecule has 0 aromatic carbocycles. The third-order valence-corrected chi connectivity index (χ3v) is 3.48. The Morgan fingerprint density at radius 1 is 1.64 bits per heavy atom. The molecule has 2 rings (SSSR count). The Kier molecular flexibility index (Phi) is 2.35. The molecule has 1 aliphatic rings. The van der Waals surface area contributed by atoms with Gasteiger partial charge < -0.3 is 5.32 Å². The zero-order valence-electron chi connectivity index (χ0n) is 9.25. The average Bonchev–Trinajstić information content (AvgIpc) is 2.73. The number of nitrogens with zero attached hydrogens (tertiary/aromatic N) is 2. The Labute approximate surface area is 85.5 Å². The Bertz CT molecular complexity index is 318. The molecule has 1 N–H and O–H groups in total. The van der Waals surface area contributed by atoms with Crippen LogP contribution in [0.2, 0.25) is 0 Å². The fourth-order valence-electron chi connectivity index (χ4n) is 2.46. The van der Waals surface area contributed by atoms with Gasteiger partial charge in [0.05, 0.1) is 5.69 Å². The van der Waals surface area contributed by atoms with Crippen molar-refractivity contribution in [1.29, 1.82) is 0 Å². The van der Waals surface area contributed by atoms with Crippen molar-refractivity contribution in [3.63, 3.8) is 0 Å². The minimum absolute atomic E-state index is 0.287. The maximum absolute atomic E-state index is 4.52. The van der Waals surface area contributed by atoms with Crippen LogP contribution in [0, 0.1) is 0 Å². The number of aryl methyl sites for hydroxylation is 1. The van der Waals surface area contributed by atoms with Crippen LogP contribution < -0.4 is 5.32 Å². The minimum atomic E-state index is 0.287. The monoisotopic (exact) mass is 193 g/mol. The minimum Gasteiger partial charge on any atom is -0.317 e. The first-order chi connectivity index (χ1) is 6.64. The van der Waals surface area contributed by atoms with Gasteiger partial charge in [0, 0.05) is 24.7 Å². The van der Waals surface area contributed by atoms with Crippen molar-refractivity contribution >= 4 is 0 Å². The second-order valence-electron chi connectivity index (χ2n) is 4.66. The van der Waals surface area contributed by atoms with E-state index in [-0.39, 0.29) is 5.41 Å². The molecule has 0 spiro atoms. The van der Waals surface area contributed by atoms with Crippen LogP contribution in [0.3, 0.4) is 0 Å². The summed E-state index contributed by atoms with van der Waals surface area (Å²) in [5.41, 5.74) is 1.53. The van der Waals surface area contributed by atoms with Gasteiger partial charge in [0.15, 0.2) is 0 Å². The third-order valence-electron chi connectivity index (χ3n) is 3.48. The summed E-state index contributed by atoms with van der Waals surface area (Å²) >= 11 is 0. The van der Waals surface area contributed by atoms with Crippen molar-refractivity contribution in [3.05, 3.63) is 18.0 Å². The van der Waals surface area contributed by atoms with Gasteiger partial charge in [0.25, 0.3) is 0 Å². The summed E-state index contributed by atoms with van der Waals surface area (Å²) in [6.07, 6.45) is 5.76. The van der Waals surface area contributed by atoms with Crippen LogP contribution in [-0.2, 0) is 12.5 Å². The van der Waals surface area contributed by atoms with E-state index in [1.54, 1.807) is 0 Å². The predicted octanol–water partition coefficient (Wildman–Crippen LogP) is 1.45. The van der Waals surface area contributed by atoms with Crippen LogP contribution in [-0.4, -0.2) is 22.9 Å². The van der Waals surface area contributed by atoms with Crippen molar-refractivity contribution in [2.45, 2.75) is 37.6 Å². The Hall–Kier alpha value is -0.830. The van der Waals surface area contributed by atoms with Gasteiger partial charge in [0.2, 0.25) is 0 Å². The molecular formula is C11H19N3. The quantitative estimate of drug-likeness (QED) is 0.770.